The van der Waals surface area contributed by atoms with Crippen LogP contribution in [0.3, 0.4) is 0 Å². The predicted octanol–water partition coefficient (Wildman–Crippen LogP) is 5.76. The Bertz CT molecular complexity index is 1460. The highest BCUT2D eigenvalue weighted by molar-refractivity contribution is 7.16. The molecule has 0 radical (unpaired) electrons. The van der Waals surface area contributed by atoms with Crippen LogP contribution in [0.4, 0.5) is 24.1 Å². The number of rotatable bonds is 5. The van der Waals surface area contributed by atoms with Crippen molar-refractivity contribution in [3.05, 3.63) is 69.8 Å². The first kappa shape index (κ1) is 25.0. The summed E-state index contributed by atoms with van der Waals surface area (Å²) in [5.74, 6) is -0.779. The molecule has 1 aliphatic heterocycles. The average molecular weight is 544 g/mol. The number of nitrogens with one attached hydrogen (secondary N) is 1. The Morgan fingerprint density at radius 2 is 1.86 bits per heavy atom. The van der Waals surface area contributed by atoms with Gasteiger partial charge >= 0.3 is 6.18 Å². The van der Waals surface area contributed by atoms with E-state index in [4.69, 9.17) is 0 Å². The molecule has 0 atom stereocenters. The Kier molecular flexibility index (Phi) is 6.73. The predicted molar refractivity (Wildman–Crippen MR) is 136 cm³/mol. The van der Waals surface area contributed by atoms with Gasteiger partial charge in [-0.25, -0.2) is 24.9 Å². The number of thiazole rings is 2. The maximum Gasteiger partial charge on any atom is 0.451 e. The third kappa shape index (κ3) is 5.52. The van der Waals surface area contributed by atoms with Gasteiger partial charge in [-0.1, -0.05) is 6.08 Å². The summed E-state index contributed by atoms with van der Waals surface area (Å²) in [7, 11) is 0. The molecule has 0 saturated carbocycles. The topological polar surface area (TPSA) is 96.8 Å². The van der Waals surface area contributed by atoms with Crippen molar-refractivity contribution in [3.63, 3.8) is 0 Å². The minimum absolute atomic E-state index is 0.175. The van der Waals surface area contributed by atoms with Crippen LogP contribution in [0.15, 0.2) is 42.2 Å². The van der Waals surface area contributed by atoms with E-state index in [0.29, 0.717) is 41.6 Å². The second kappa shape index (κ2) is 9.98. The summed E-state index contributed by atoms with van der Waals surface area (Å²) in [6.45, 7) is 4.68. The van der Waals surface area contributed by atoms with E-state index in [-0.39, 0.29) is 5.91 Å². The molecule has 8 nitrogen and oxygen atoms in total. The molecular formula is C24H20F3N7OS2. The lowest BCUT2D eigenvalue weighted by molar-refractivity contribution is -0.145. The van der Waals surface area contributed by atoms with Crippen LogP contribution >= 0.6 is 22.7 Å². The maximum atomic E-state index is 12.9. The zero-order chi connectivity index (χ0) is 26.2. The zero-order valence-electron chi connectivity index (χ0n) is 19.7. The number of alkyl halides is 3. The molecule has 37 heavy (non-hydrogen) atoms. The first-order valence-corrected chi connectivity index (χ1v) is 12.9. The number of hydrogen-bond acceptors (Lipinski definition) is 9. The van der Waals surface area contributed by atoms with Gasteiger partial charge in [0.05, 0.1) is 26.8 Å². The lowest BCUT2D eigenvalue weighted by Crippen LogP contribution is -2.34. The standard InChI is InChI=1S/C24H20F3N7OS2/c1-13-20(37-14(2)31-13)18-12-36-23(32-18)33-19-4-3-16(9-28-19)21(35)34-7-5-15(6-8-34)17-10-29-22(30-11-17)24(25,26)27/h3-5,9-12H,6-8H2,1-2H3,(H,28,32,33). The molecule has 4 aromatic rings. The normalized spacial score (nSPS) is 14.0. The van der Waals surface area contributed by atoms with Gasteiger partial charge < -0.3 is 10.2 Å². The van der Waals surface area contributed by atoms with Crippen LogP contribution in [-0.4, -0.2) is 48.8 Å². The number of hydrogen-bond donors (Lipinski definition) is 1. The van der Waals surface area contributed by atoms with Crippen molar-refractivity contribution in [2.45, 2.75) is 26.4 Å². The molecule has 1 N–H and O–H groups in total. The summed E-state index contributed by atoms with van der Waals surface area (Å²) >= 11 is 3.06. The molecule has 5 heterocycles. The molecule has 0 aliphatic carbocycles. The van der Waals surface area contributed by atoms with E-state index in [1.165, 1.54) is 29.9 Å². The molecule has 0 aromatic carbocycles. The van der Waals surface area contributed by atoms with Gasteiger partial charge in [-0.2, -0.15) is 13.2 Å². The molecule has 5 rings (SSSR count). The largest absolute Gasteiger partial charge is 0.451 e. The van der Waals surface area contributed by atoms with Crippen LogP contribution < -0.4 is 5.32 Å². The summed E-state index contributed by atoms with van der Waals surface area (Å²) in [6, 6.07) is 3.42. The van der Waals surface area contributed by atoms with E-state index in [0.717, 1.165) is 26.8 Å². The van der Waals surface area contributed by atoms with E-state index >= 15 is 0 Å². The van der Waals surface area contributed by atoms with Gasteiger partial charge in [-0.15, -0.1) is 22.7 Å². The second-order valence-corrected chi connectivity index (χ2v) is 10.3. The van der Waals surface area contributed by atoms with Crippen molar-refractivity contribution in [3.8, 4) is 10.6 Å². The average Bonchev–Trinajstić information content (AvgIpc) is 3.48. The number of carbonyl (C=O) groups excluding carboxylic acids is 1. The fraction of sp³-hybridized carbons (Fsp3) is 0.250. The maximum absolute atomic E-state index is 12.9. The van der Waals surface area contributed by atoms with E-state index in [2.05, 4.69) is 30.2 Å². The van der Waals surface area contributed by atoms with Crippen LogP contribution in [0.5, 0.6) is 0 Å². The minimum Gasteiger partial charge on any atom is -0.335 e. The van der Waals surface area contributed by atoms with Gasteiger partial charge in [0, 0.05) is 42.6 Å². The smallest absolute Gasteiger partial charge is 0.335 e. The molecule has 0 saturated heterocycles. The molecule has 13 heteroatoms. The number of amides is 1. The fourth-order valence-electron chi connectivity index (χ4n) is 3.85. The van der Waals surface area contributed by atoms with Crippen LogP contribution in [0.1, 0.15) is 38.9 Å². The molecule has 0 unspecified atom stereocenters. The summed E-state index contributed by atoms with van der Waals surface area (Å²) < 4.78 is 38.0. The van der Waals surface area contributed by atoms with Gasteiger partial charge in [-0.05, 0) is 38.0 Å². The number of anilines is 2. The molecule has 1 aliphatic rings. The lowest BCUT2D eigenvalue weighted by Gasteiger charge is -2.26. The Balaban J connectivity index is 1.20. The Hall–Kier alpha value is -3.71. The quantitative estimate of drug-likeness (QED) is 0.342. The van der Waals surface area contributed by atoms with Gasteiger partial charge in [0.15, 0.2) is 5.13 Å². The summed E-state index contributed by atoms with van der Waals surface area (Å²) in [5.41, 5.74) is 3.58. The van der Waals surface area contributed by atoms with Gasteiger partial charge in [0.25, 0.3) is 5.91 Å². The third-order valence-corrected chi connectivity index (χ3v) is 7.51. The van der Waals surface area contributed by atoms with Crippen LogP contribution in [0.2, 0.25) is 0 Å². The molecule has 0 fully saturated rings. The molecular weight excluding hydrogens is 523 g/mol. The Labute approximate surface area is 218 Å². The van der Waals surface area contributed by atoms with Crippen LogP contribution in [0, 0.1) is 13.8 Å². The van der Waals surface area contributed by atoms with Crippen molar-refractivity contribution >= 4 is 45.1 Å². The van der Waals surface area contributed by atoms with E-state index in [1.54, 1.807) is 28.4 Å². The highest BCUT2D eigenvalue weighted by Crippen LogP contribution is 2.33. The van der Waals surface area contributed by atoms with Crippen LogP contribution in [-0.2, 0) is 6.18 Å². The number of carbonyl (C=O) groups is 1. The second-order valence-electron chi connectivity index (χ2n) is 8.27. The SMILES string of the molecule is Cc1nc(C)c(-c2csc(Nc3ccc(C(=O)N4CC=C(c5cnc(C(F)(F)F)nc5)CC4)cn3)n2)s1. The van der Waals surface area contributed by atoms with Crippen molar-refractivity contribution < 1.29 is 18.0 Å². The number of nitrogens with zero attached hydrogens (tertiary/aromatic N) is 6. The highest BCUT2D eigenvalue weighted by Gasteiger charge is 2.34. The van der Waals surface area contributed by atoms with Gasteiger partial charge in [-0.3, -0.25) is 4.79 Å². The number of halogens is 3. The highest BCUT2D eigenvalue weighted by atomic mass is 32.1. The van der Waals surface area contributed by atoms with Crippen molar-refractivity contribution in [1.29, 1.82) is 0 Å². The van der Waals surface area contributed by atoms with Gasteiger partial charge in [0.1, 0.15) is 5.82 Å². The molecule has 4 aromatic heterocycles. The number of aromatic nitrogens is 5. The lowest BCUT2D eigenvalue weighted by atomic mass is 10.0. The number of aryl methyl sites for hydroxylation is 2. The van der Waals surface area contributed by atoms with Gasteiger partial charge in [0.2, 0.25) is 5.82 Å². The Morgan fingerprint density at radius 3 is 2.46 bits per heavy atom. The monoisotopic (exact) mass is 543 g/mol. The molecule has 1 amide bonds. The fourth-order valence-corrected chi connectivity index (χ4v) is 5.51. The van der Waals surface area contributed by atoms with Crippen molar-refractivity contribution in [2.24, 2.45) is 0 Å². The molecule has 0 spiro atoms. The minimum atomic E-state index is -4.58. The van der Waals surface area contributed by atoms with E-state index in [1.807, 2.05) is 25.3 Å². The zero-order valence-corrected chi connectivity index (χ0v) is 21.3. The third-order valence-electron chi connectivity index (χ3n) is 5.66. The first-order chi connectivity index (χ1) is 17.7. The van der Waals surface area contributed by atoms with Crippen LogP contribution in [0.25, 0.3) is 16.1 Å². The van der Waals surface area contributed by atoms with Crippen molar-refractivity contribution in [1.82, 2.24) is 29.8 Å². The van der Waals surface area contributed by atoms with Crippen molar-refractivity contribution in [2.75, 3.05) is 18.4 Å². The Morgan fingerprint density at radius 1 is 1.08 bits per heavy atom. The first-order valence-electron chi connectivity index (χ1n) is 11.2. The molecule has 190 valence electrons. The van der Waals surface area contributed by atoms with E-state index < -0.39 is 12.0 Å². The van der Waals surface area contributed by atoms with E-state index in [9.17, 15) is 18.0 Å². The number of pyridine rings is 1. The summed E-state index contributed by atoms with van der Waals surface area (Å²) in [4.78, 5) is 35.9. The summed E-state index contributed by atoms with van der Waals surface area (Å²) in [5, 5.41) is 6.81. The summed E-state index contributed by atoms with van der Waals surface area (Å²) in [6.07, 6.45) is 1.56. The molecule has 0 bridgehead atoms.